The number of amides is 1. The Morgan fingerprint density at radius 2 is 2.29 bits per heavy atom. The number of ether oxygens (including phenoxy) is 2. The molecule has 1 N–H and O–H groups in total. The number of morpholine rings is 1. The lowest BCUT2D eigenvalue weighted by Crippen LogP contribution is -2.53. The summed E-state index contributed by atoms with van der Waals surface area (Å²) in [5, 5.41) is 3.08. The van der Waals surface area contributed by atoms with Crippen molar-refractivity contribution in [3.63, 3.8) is 0 Å². The van der Waals surface area contributed by atoms with Crippen molar-refractivity contribution in [2.75, 3.05) is 40.0 Å². The minimum absolute atomic E-state index is 0.00134. The lowest BCUT2D eigenvalue weighted by atomic mass is 10.2. The van der Waals surface area contributed by atoms with Gasteiger partial charge in [-0.3, -0.25) is 9.59 Å². The van der Waals surface area contributed by atoms with Crippen LogP contribution in [0.5, 0.6) is 0 Å². The number of methoxy groups -OCH3 is 1. The Morgan fingerprint density at radius 3 is 2.82 bits per heavy atom. The monoisotopic (exact) mass is 244 g/mol. The van der Waals surface area contributed by atoms with Crippen molar-refractivity contribution in [3.8, 4) is 0 Å². The second kappa shape index (κ2) is 7.24. The van der Waals surface area contributed by atoms with E-state index in [1.165, 1.54) is 12.0 Å². The molecule has 1 rings (SSSR count). The normalized spacial score (nSPS) is 19.8. The molecular formula is C11H20N2O4. The van der Waals surface area contributed by atoms with Gasteiger partial charge >= 0.3 is 5.97 Å². The molecule has 6 heteroatoms. The number of nitrogens with zero attached hydrogens (tertiary/aromatic N) is 1. The van der Waals surface area contributed by atoms with Crippen molar-refractivity contribution in [2.45, 2.75) is 19.4 Å². The van der Waals surface area contributed by atoms with Crippen molar-refractivity contribution in [2.24, 2.45) is 0 Å². The maximum absolute atomic E-state index is 12.1. The second-order valence-electron chi connectivity index (χ2n) is 3.92. The Hall–Kier alpha value is -1.14. The van der Waals surface area contributed by atoms with Gasteiger partial charge < -0.3 is 19.7 Å². The third-order valence-electron chi connectivity index (χ3n) is 2.57. The summed E-state index contributed by atoms with van der Waals surface area (Å²) in [6.07, 6.45) is 0.802. The predicted molar refractivity (Wildman–Crippen MR) is 61.5 cm³/mol. The summed E-state index contributed by atoms with van der Waals surface area (Å²) in [4.78, 5) is 24.8. The maximum Gasteiger partial charge on any atom is 0.325 e. The molecule has 0 aliphatic carbocycles. The molecule has 1 unspecified atom stereocenters. The summed E-state index contributed by atoms with van der Waals surface area (Å²) in [6, 6.07) is -0.347. The zero-order valence-corrected chi connectivity index (χ0v) is 10.4. The van der Waals surface area contributed by atoms with E-state index in [2.05, 4.69) is 10.1 Å². The Labute approximate surface area is 101 Å². The summed E-state index contributed by atoms with van der Waals surface area (Å²) in [5.74, 6) is -0.500. The molecule has 0 radical (unpaired) electrons. The standard InChI is InChI=1S/C11H20N2O4/c1-3-5-13(7-10(14)16-2)11(15)9-8-17-6-4-12-9/h9,12H,3-8H2,1-2H3. The Bertz CT molecular complexity index is 264. The van der Waals surface area contributed by atoms with E-state index in [0.717, 1.165) is 6.42 Å². The maximum atomic E-state index is 12.1. The van der Waals surface area contributed by atoms with Gasteiger partial charge in [-0.05, 0) is 6.42 Å². The molecule has 0 spiro atoms. The van der Waals surface area contributed by atoms with E-state index >= 15 is 0 Å². The summed E-state index contributed by atoms with van der Waals surface area (Å²) in [7, 11) is 1.32. The molecule has 1 saturated heterocycles. The number of esters is 1. The van der Waals surface area contributed by atoms with Gasteiger partial charge in [0.25, 0.3) is 0 Å². The van der Waals surface area contributed by atoms with Crippen LogP contribution < -0.4 is 5.32 Å². The molecule has 1 fully saturated rings. The fourth-order valence-electron chi connectivity index (χ4n) is 1.70. The van der Waals surface area contributed by atoms with Crippen LogP contribution in [0.4, 0.5) is 0 Å². The summed E-state index contributed by atoms with van der Waals surface area (Å²) >= 11 is 0. The van der Waals surface area contributed by atoms with Gasteiger partial charge in [-0.1, -0.05) is 6.92 Å². The van der Waals surface area contributed by atoms with E-state index < -0.39 is 5.97 Å². The van der Waals surface area contributed by atoms with Gasteiger partial charge in [-0.15, -0.1) is 0 Å². The number of hydrogen-bond donors (Lipinski definition) is 1. The average molecular weight is 244 g/mol. The Balaban J connectivity index is 2.55. The summed E-state index contributed by atoms with van der Waals surface area (Å²) in [6.45, 7) is 4.15. The van der Waals surface area contributed by atoms with Crippen LogP contribution >= 0.6 is 0 Å². The van der Waals surface area contributed by atoms with Crippen LogP contribution in [0.3, 0.4) is 0 Å². The second-order valence-corrected chi connectivity index (χ2v) is 3.92. The first-order valence-electron chi connectivity index (χ1n) is 5.85. The minimum Gasteiger partial charge on any atom is -0.468 e. The summed E-state index contributed by atoms with van der Waals surface area (Å²) in [5.41, 5.74) is 0. The zero-order chi connectivity index (χ0) is 12.7. The SMILES string of the molecule is CCCN(CC(=O)OC)C(=O)C1COCCN1. The van der Waals surface area contributed by atoms with Crippen LogP contribution in [-0.2, 0) is 19.1 Å². The first-order valence-corrected chi connectivity index (χ1v) is 5.85. The van der Waals surface area contributed by atoms with Crippen LogP contribution in [0.1, 0.15) is 13.3 Å². The van der Waals surface area contributed by atoms with Gasteiger partial charge in [0.15, 0.2) is 0 Å². The van der Waals surface area contributed by atoms with E-state index in [1.54, 1.807) is 0 Å². The van der Waals surface area contributed by atoms with E-state index in [9.17, 15) is 9.59 Å². The topological polar surface area (TPSA) is 67.9 Å². The Morgan fingerprint density at radius 1 is 1.53 bits per heavy atom. The first kappa shape index (κ1) is 13.9. The quantitative estimate of drug-likeness (QED) is 0.653. The van der Waals surface area contributed by atoms with Gasteiger partial charge in [0.1, 0.15) is 12.6 Å². The highest BCUT2D eigenvalue weighted by atomic mass is 16.5. The molecule has 1 aliphatic heterocycles. The molecule has 6 nitrogen and oxygen atoms in total. The fraction of sp³-hybridized carbons (Fsp3) is 0.818. The van der Waals surface area contributed by atoms with Crippen LogP contribution in [0.2, 0.25) is 0 Å². The highest BCUT2D eigenvalue weighted by Gasteiger charge is 2.27. The number of nitrogens with one attached hydrogen (secondary N) is 1. The molecule has 0 aromatic carbocycles. The molecule has 0 aromatic rings. The molecule has 0 aromatic heterocycles. The lowest BCUT2D eigenvalue weighted by Gasteiger charge is -2.29. The summed E-state index contributed by atoms with van der Waals surface area (Å²) < 4.78 is 9.82. The predicted octanol–water partition coefficient (Wildman–Crippen LogP) is -0.614. The van der Waals surface area contributed by atoms with E-state index in [0.29, 0.717) is 26.3 Å². The largest absolute Gasteiger partial charge is 0.468 e. The molecule has 0 saturated carbocycles. The van der Waals surface area contributed by atoms with Crippen LogP contribution in [0.25, 0.3) is 0 Å². The van der Waals surface area contributed by atoms with E-state index in [4.69, 9.17) is 4.74 Å². The van der Waals surface area contributed by atoms with Crippen molar-refractivity contribution in [1.29, 1.82) is 0 Å². The van der Waals surface area contributed by atoms with E-state index in [1.807, 2.05) is 6.92 Å². The zero-order valence-electron chi connectivity index (χ0n) is 10.4. The smallest absolute Gasteiger partial charge is 0.325 e. The van der Waals surface area contributed by atoms with Gasteiger partial charge in [-0.25, -0.2) is 0 Å². The highest BCUT2D eigenvalue weighted by Crippen LogP contribution is 2.02. The van der Waals surface area contributed by atoms with Crippen LogP contribution in [-0.4, -0.2) is 62.8 Å². The van der Waals surface area contributed by atoms with Gasteiger partial charge in [0.05, 0.1) is 20.3 Å². The number of carbonyl (C=O) groups excluding carboxylic acids is 2. The third kappa shape index (κ3) is 4.32. The van der Waals surface area contributed by atoms with Gasteiger partial charge in [0, 0.05) is 13.1 Å². The van der Waals surface area contributed by atoms with Gasteiger partial charge in [-0.2, -0.15) is 0 Å². The van der Waals surface area contributed by atoms with Crippen molar-refractivity contribution < 1.29 is 19.1 Å². The molecule has 17 heavy (non-hydrogen) atoms. The van der Waals surface area contributed by atoms with Crippen molar-refractivity contribution in [1.82, 2.24) is 10.2 Å². The lowest BCUT2D eigenvalue weighted by molar-refractivity contribution is -0.148. The average Bonchev–Trinajstić information content (AvgIpc) is 2.38. The minimum atomic E-state index is -0.400. The van der Waals surface area contributed by atoms with Crippen molar-refractivity contribution >= 4 is 11.9 Å². The first-order chi connectivity index (χ1) is 8.19. The molecule has 1 heterocycles. The third-order valence-corrected chi connectivity index (χ3v) is 2.57. The number of hydrogen-bond acceptors (Lipinski definition) is 5. The molecule has 98 valence electrons. The van der Waals surface area contributed by atoms with Crippen LogP contribution in [0, 0.1) is 0 Å². The molecule has 1 atom stereocenters. The van der Waals surface area contributed by atoms with Crippen LogP contribution in [0.15, 0.2) is 0 Å². The van der Waals surface area contributed by atoms with E-state index in [-0.39, 0.29) is 18.5 Å². The highest BCUT2D eigenvalue weighted by molar-refractivity contribution is 5.86. The molecule has 1 amide bonds. The number of carbonyl (C=O) groups is 2. The molecule has 1 aliphatic rings. The number of rotatable bonds is 5. The molecular weight excluding hydrogens is 224 g/mol. The van der Waals surface area contributed by atoms with Crippen molar-refractivity contribution in [3.05, 3.63) is 0 Å². The fourth-order valence-corrected chi connectivity index (χ4v) is 1.70. The van der Waals surface area contributed by atoms with Gasteiger partial charge in [0.2, 0.25) is 5.91 Å². The Kier molecular flexibility index (Phi) is 5.93. The molecule has 0 bridgehead atoms.